The number of nitrogens with one attached hydrogen (secondary N) is 1. The predicted molar refractivity (Wildman–Crippen MR) is 171 cm³/mol. The van der Waals surface area contributed by atoms with E-state index in [0.29, 0.717) is 18.6 Å². The maximum Gasteiger partial charge on any atom is 0.317 e. The zero-order valence-electron chi connectivity index (χ0n) is 30.1. The van der Waals surface area contributed by atoms with Crippen molar-refractivity contribution in [3.05, 3.63) is 11.3 Å². The Labute approximate surface area is 279 Å². The number of aliphatic hydroxyl groups is 3. The van der Waals surface area contributed by atoms with Crippen LogP contribution in [0.3, 0.4) is 0 Å². The molecule has 47 heavy (non-hydrogen) atoms. The number of methoxy groups -OCH3 is 1. The molecule has 1 spiro atoms. The minimum Gasteiger partial charge on any atom is -0.489 e. The molecule has 16 atom stereocenters. The van der Waals surface area contributed by atoms with Gasteiger partial charge in [-0.3, -0.25) is 4.79 Å². The maximum atomic E-state index is 14.5. The van der Waals surface area contributed by atoms with Crippen molar-refractivity contribution in [3.8, 4) is 0 Å². The first-order valence-corrected chi connectivity index (χ1v) is 17.4. The molecule has 0 aromatic carbocycles. The van der Waals surface area contributed by atoms with Crippen LogP contribution < -0.4 is 5.32 Å². The van der Waals surface area contributed by atoms with Crippen molar-refractivity contribution < 1.29 is 53.3 Å². The second-order valence-corrected chi connectivity index (χ2v) is 15.6. The molecule has 0 aliphatic carbocycles. The molecule has 4 fully saturated rings. The molecule has 2 bridgehead atoms. The quantitative estimate of drug-likeness (QED) is 0.318. The molecule has 12 nitrogen and oxygen atoms in total. The van der Waals surface area contributed by atoms with E-state index < -0.39 is 89.2 Å². The van der Waals surface area contributed by atoms with E-state index >= 15 is 0 Å². The summed E-state index contributed by atoms with van der Waals surface area (Å²) < 4.78 is 45.1. The Kier molecular flexibility index (Phi) is 10.3. The second kappa shape index (κ2) is 13.1. The van der Waals surface area contributed by atoms with E-state index in [1.165, 1.54) is 14.0 Å². The van der Waals surface area contributed by atoms with Crippen LogP contribution in [0.1, 0.15) is 94.4 Å². The van der Waals surface area contributed by atoms with Gasteiger partial charge in [-0.15, -0.1) is 0 Å². The number of carbonyl (C=O) groups excluding carboxylic acids is 1. The number of cyclic esters (lactones) is 1. The standard InChI is InChI=1S/C35H59NO11/c1-12-23-34(9,40)28(37)19(4)26-17(2)15-32(7,46-26)30(44-24-14-22(36-10)13-18(3)42-24)20(5)27-25(31(39)43-23)35(47-27)16-33(8,41-11)29(38)21(6)45-35/h18-25,27-30,36-38,40H,12-16H2,1-11H3/t18?,19-,20-,21?,22?,23+,24?,25+,27-,28+,29?,30+,32+,33?,34+,35?/m0/s1. The van der Waals surface area contributed by atoms with Gasteiger partial charge >= 0.3 is 5.97 Å². The van der Waals surface area contributed by atoms with Crippen LogP contribution in [0.25, 0.3) is 0 Å². The topological polar surface area (TPSA) is 154 Å². The fraction of sp³-hybridized carbons (Fsp3) is 0.914. The zero-order chi connectivity index (χ0) is 34.9. The number of fused-ring (bicyclic) bond motifs is 4. The lowest BCUT2D eigenvalue weighted by Gasteiger charge is -2.62. The van der Waals surface area contributed by atoms with Gasteiger partial charge in [0.05, 0.1) is 30.0 Å². The molecule has 12 heteroatoms. The number of hydrogen-bond acceptors (Lipinski definition) is 12. The van der Waals surface area contributed by atoms with Crippen LogP contribution in [0.4, 0.5) is 0 Å². The normalized spacial score (nSPS) is 52.4. The third-order valence-corrected chi connectivity index (χ3v) is 11.8. The smallest absolute Gasteiger partial charge is 0.317 e. The Balaban J connectivity index is 1.60. The van der Waals surface area contributed by atoms with Crippen molar-refractivity contribution in [2.24, 2.45) is 17.8 Å². The van der Waals surface area contributed by atoms with Crippen LogP contribution in [-0.4, -0.2) is 113 Å². The molecule has 0 saturated carbocycles. The van der Waals surface area contributed by atoms with Crippen molar-refractivity contribution in [1.82, 2.24) is 5.32 Å². The van der Waals surface area contributed by atoms with Crippen molar-refractivity contribution in [2.75, 3.05) is 14.2 Å². The first kappa shape index (κ1) is 36.9. The van der Waals surface area contributed by atoms with Gasteiger partial charge < -0.3 is 53.8 Å². The van der Waals surface area contributed by atoms with E-state index in [1.54, 1.807) is 20.8 Å². The lowest BCUT2D eigenvalue weighted by Crippen LogP contribution is -2.75. The second-order valence-electron chi connectivity index (χ2n) is 15.6. The lowest BCUT2D eigenvalue weighted by atomic mass is 9.68. The Morgan fingerprint density at radius 2 is 1.72 bits per heavy atom. The number of rotatable bonds is 5. The summed E-state index contributed by atoms with van der Waals surface area (Å²) in [4.78, 5) is 14.5. The average Bonchev–Trinajstić information content (AvgIpc) is 3.32. The highest BCUT2D eigenvalue weighted by Gasteiger charge is 2.70. The minimum atomic E-state index is -1.81. The average molecular weight is 670 g/mol. The summed E-state index contributed by atoms with van der Waals surface area (Å²) in [7, 11) is 3.45. The molecular formula is C35H59NO11. The van der Waals surface area contributed by atoms with Gasteiger partial charge in [0.2, 0.25) is 0 Å². The Morgan fingerprint density at radius 1 is 1.04 bits per heavy atom. The summed E-state index contributed by atoms with van der Waals surface area (Å²) in [6.45, 7) is 16.6. The van der Waals surface area contributed by atoms with Crippen LogP contribution in [0.15, 0.2) is 11.3 Å². The molecular weight excluding hydrogens is 610 g/mol. The van der Waals surface area contributed by atoms with Gasteiger partial charge in [-0.25, -0.2) is 0 Å². The van der Waals surface area contributed by atoms with Crippen LogP contribution >= 0.6 is 0 Å². The van der Waals surface area contributed by atoms with Gasteiger partial charge in [0.25, 0.3) is 0 Å². The number of carbonyl (C=O) groups is 1. The molecule has 0 aromatic rings. The van der Waals surface area contributed by atoms with Crippen LogP contribution in [0, 0.1) is 17.8 Å². The van der Waals surface area contributed by atoms with Gasteiger partial charge in [0.1, 0.15) is 41.2 Å². The van der Waals surface area contributed by atoms with E-state index in [-0.39, 0.29) is 25.0 Å². The molecule has 0 aromatic heterocycles. The van der Waals surface area contributed by atoms with Crippen molar-refractivity contribution in [1.29, 1.82) is 0 Å². The molecule has 5 aliphatic heterocycles. The molecule has 5 aliphatic rings. The van der Waals surface area contributed by atoms with Gasteiger partial charge in [-0.1, -0.05) is 20.8 Å². The predicted octanol–water partition coefficient (Wildman–Crippen LogP) is 2.94. The number of ether oxygens (including phenoxy) is 7. The monoisotopic (exact) mass is 669 g/mol. The highest BCUT2D eigenvalue weighted by molar-refractivity contribution is 5.76. The van der Waals surface area contributed by atoms with Crippen LogP contribution in [0.2, 0.25) is 0 Å². The lowest BCUT2D eigenvalue weighted by molar-refractivity contribution is -0.440. The Hall–Kier alpha value is -1.35. The summed E-state index contributed by atoms with van der Waals surface area (Å²) in [5.41, 5.74) is -2.86. The third-order valence-electron chi connectivity index (χ3n) is 11.8. The van der Waals surface area contributed by atoms with Crippen LogP contribution in [0.5, 0.6) is 0 Å². The van der Waals surface area contributed by atoms with E-state index in [1.807, 2.05) is 41.7 Å². The summed E-state index contributed by atoms with van der Waals surface area (Å²) in [5, 5.41) is 37.9. The SMILES string of the molecule is CC[C@H]1OC(=O)[C@H]2[C@@H](OC23CC(C)(OC)C(O)C(C)O3)[C@H](C)[C@@H](OC2CC(NC)CC(C)O2)[C@@]2(C)CC(C)=C(O2)[C@H](C)[C@@H](O)[C@]1(C)O. The Morgan fingerprint density at radius 3 is 2.34 bits per heavy atom. The van der Waals surface area contributed by atoms with E-state index in [0.717, 1.165) is 12.0 Å². The Bertz CT molecular complexity index is 1200. The van der Waals surface area contributed by atoms with E-state index in [4.69, 9.17) is 33.2 Å². The maximum absolute atomic E-state index is 14.5. The van der Waals surface area contributed by atoms with Gasteiger partial charge in [-0.05, 0) is 67.0 Å². The molecule has 5 rings (SSSR count). The molecule has 0 radical (unpaired) electrons. The summed E-state index contributed by atoms with van der Waals surface area (Å²) >= 11 is 0. The van der Waals surface area contributed by atoms with Crippen molar-refractivity contribution in [2.45, 2.75) is 172 Å². The number of esters is 1. The molecule has 5 heterocycles. The van der Waals surface area contributed by atoms with E-state index in [9.17, 15) is 20.1 Å². The zero-order valence-corrected chi connectivity index (χ0v) is 30.1. The van der Waals surface area contributed by atoms with Crippen molar-refractivity contribution in [3.63, 3.8) is 0 Å². The van der Waals surface area contributed by atoms with Crippen molar-refractivity contribution >= 4 is 5.97 Å². The first-order valence-electron chi connectivity index (χ1n) is 17.4. The number of aliphatic hydroxyl groups excluding tert-OH is 2. The van der Waals surface area contributed by atoms with Crippen LogP contribution in [-0.2, 0) is 38.0 Å². The largest absolute Gasteiger partial charge is 0.489 e. The molecule has 7 unspecified atom stereocenters. The minimum absolute atomic E-state index is 0.0337. The highest BCUT2D eigenvalue weighted by atomic mass is 16.7. The first-order chi connectivity index (χ1) is 21.9. The fourth-order valence-electron chi connectivity index (χ4n) is 9.11. The van der Waals surface area contributed by atoms with Gasteiger partial charge in [-0.2, -0.15) is 0 Å². The summed E-state index contributed by atoms with van der Waals surface area (Å²) in [6.07, 6.45) is -3.71. The van der Waals surface area contributed by atoms with Gasteiger partial charge in [0, 0.05) is 44.2 Å². The van der Waals surface area contributed by atoms with E-state index in [2.05, 4.69) is 5.32 Å². The molecule has 4 N–H and O–H groups in total. The van der Waals surface area contributed by atoms with Gasteiger partial charge in [0.15, 0.2) is 12.1 Å². The third kappa shape index (κ3) is 6.29. The molecule has 0 amide bonds. The summed E-state index contributed by atoms with van der Waals surface area (Å²) in [6, 6.07) is 0.200. The highest BCUT2D eigenvalue weighted by Crippen LogP contribution is 2.56. The fourth-order valence-corrected chi connectivity index (χ4v) is 9.11. The molecule has 4 saturated heterocycles. The summed E-state index contributed by atoms with van der Waals surface area (Å²) in [5.74, 6) is -3.52. The molecule has 270 valence electrons. The number of hydrogen-bond donors (Lipinski definition) is 4.